The Labute approximate surface area is 175 Å². The molecule has 0 bridgehead atoms. The highest BCUT2D eigenvalue weighted by Gasteiger charge is 2.21. The molecule has 0 aliphatic carbocycles. The van der Waals surface area contributed by atoms with Crippen LogP contribution in [0.5, 0.6) is 5.75 Å². The van der Waals surface area contributed by atoms with Crippen LogP contribution in [0.2, 0.25) is 0 Å². The van der Waals surface area contributed by atoms with Crippen molar-refractivity contribution in [2.24, 2.45) is 5.10 Å². The predicted octanol–water partition coefficient (Wildman–Crippen LogP) is 3.84. The summed E-state index contributed by atoms with van der Waals surface area (Å²) in [5.74, 6) is -1.07. The van der Waals surface area contributed by atoms with Crippen LogP contribution in [-0.4, -0.2) is 26.8 Å². The van der Waals surface area contributed by atoms with Crippen LogP contribution in [-0.2, 0) is 6.54 Å². The Morgan fingerprint density at radius 1 is 1.17 bits per heavy atom. The molecule has 7 nitrogen and oxygen atoms in total. The number of aryl methyl sites for hydroxylation is 1. The molecule has 156 valence electrons. The molecule has 0 aliphatic heterocycles. The van der Waals surface area contributed by atoms with E-state index in [1.54, 1.807) is 47.3 Å². The van der Waals surface area contributed by atoms with Gasteiger partial charge in [-0.15, -0.1) is 0 Å². The third kappa shape index (κ3) is 4.92. The second kappa shape index (κ2) is 10.3. The number of nitrogens with one attached hydrogen (secondary N) is 1. The lowest BCUT2D eigenvalue weighted by Gasteiger charge is -2.14. The van der Waals surface area contributed by atoms with Crippen LogP contribution >= 0.6 is 0 Å². The van der Waals surface area contributed by atoms with Gasteiger partial charge in [0.15, 0.2) is 0 Å². The van der Waals surface area contributed by atoms with Gasteiger partial charge < -0.3 is 9.67 Å². The SMILES string of the molecule is CCCCCCCn1c(=O)c(C(=O)N/N=C\c2cccnc2)c(O)c2ccccc21. The van der Waals surface area contributed by atoms with E-state index in [0.717, 1.165) is 32.1 Å². The summed E-state index contributed by atoms with van der Waals surface area (Å²) in [6, 6.07) is 10.6. The number of nitrogens with zero attached hydrogens (tertiary/aromatic N) is 3. The molecule has 0 atom stereocenters. The molecule has 7 heteroatoms. The average molecular weight is 406 g/mol. The van der Waals surface area contributed by atoms with Crippen molar-refractivity contribution in [2.75, 3.05) is 0 Å². The van der Waals surface area contributed by atoms with Crippen molar-refractivity contribution in [3.8, 4) is 5.75 Å². The molecule has 0 spiro atoms. The molecule has 0 radical (unpaired) electrons. The van der Waals surface area contributed by atoms with Gasteiger partial charge in [-0.3, -0.25) is 14.6 Å². The Bertz CT molecular complexity index is 1090. The number of hydrazone groups is 1. The number of carbonyl (C=O) groups excluding carboxylic acids is 1. The predicted molar refractivity (Wildman–Crippen MR) is 118 cm³/mol. The van der Waals surface area contributed by atoms with Crippen molar-refractivity contribution >= 4 is 23.0 Å². The molecule has 0 aliphatic rings. The third-order valence-electron chi connectivity index (χ3n) is 4.92. The minimum absolute atomic E-state index is 0.300. The highest BCUT2D eigenvalue weighted by Crippen LogP contribution is 2.26. The minimum atomic E-state index is -0.747. The molecule has 1 amide bonds. The maximum Gasteiger partial charge on any atom is 0.280 e. The smallest absolute Gasteiger partial charge is 0.280 e. The fourth-order valence-corrected chi connectivity index (χ4v) is 3.36. The number of rotatable bonds is 9. The van der Waals surface area contributed by atoms with Crippen molar-refractivity contribution in [2.45, 2.75) is 45.6 Å². The van der Waals surface area contributed by atoms with Gasteiger partial charge in [0.25, 0.3) is 11.5 Å². The molecule has 3 rings (SSSR count). The van der Waals surface area contributed by atoms with Crippen molar-refractivity contribution in [3.63, 3.8) is 0 Å². The molecular weight excluding hydrogens is 380 g/mol. The van der Waals surface area contributed by atoms with Gasteiger partial charge in [-0.25, -0.2) is 5.43 Å². The first-order chi connectivity index (χ1) is 14.6. The number of carbonyl (C=O) groups is 1. The number of fused-ring (bicyclic) bond motifs is 1. The number of amides is 1. The lowest BCUT2D eigenvalue weighted by Crippen LogP contribution is -2.31. The second-order valence-corrected chi connectivity index (χ2v) is 7.10. The van der Waals surface area contributed by atoms with Crippen LogP contribution in [0.4, 0.5) is 0 Å². The quantitative estimate of drug-likeness (QED) is 0.321. The van der Waals surface area contributed by atoms with E-state index in [-0.39, 0.29) is 11.3 Å². The summed E-state index contributed by atoms with van der Waals surface area (Å²) < 4.78 is 1.57. The van der Waals surface area contributed by atoms with E-state index < -0.39 is 11.5 Å². The van der Waals surface area contributed by atoms with Crippen LogP contribution in [0.1, 0.15) is 54.9 Å². The number of benzene rings is 1. The second-order valence-electron chi connectivity index (χ2n) is 7.10. The summed E-state index contributed by atoms with van der Waals surface area (Å²) in [5.41, 5.74) is 2.83. The number of aromatic hydroxyl groups is 1. The van der Waals surface area contributed by atoms with Crippen LogP contribution < -0.4 is 11.0 Å². The molecule has 1 aromatic carbocycles. The molecule has 2 aromatic heterocycles. The topological polar surface area (TPSA) is 96.6 Å². The van der Waals surface area contributed by atoms with Gasteiger partial charge in [0.1, 0.15) is 11.3 Å². The number of hydrogen-bond donors (Lipinski definition) is 2. The van der Waals surface area contributed by atoms with Gasteiger partial charge in [0.2, 0.25) is 0 Å². The first-order valence-corrected chi connectivity index (χ1v) is 10.2. The van der Waals surface area contributed by atoms with Crippen molar-refractivity contribution in [1.82, 2.24) is 15.0 Å². The highest BCUT2D eigenvalue weighted by molar-refractivity contribution is 6.02. The van der Waals surface area contributed by atoms with Gasteiger partial charge in [-0.2, -0.15) is 5.10 Å². The Morgan fingerprint density at radius 2 is 1.97 bits per heavy atom. The lowest BCUT2D eigenvalue weighted by molar-refractivity contribution is 0.0950. The lowest BCUT2D eigenvalue weighted by atomic mass is 10.1. The summed E-state index contributed by atoms with van der Waals surface area (Å²) in [4.78, 5) is 29.7. The molecule has 0 saturated heterocycles. The molecule has 0 fully saturated rings. The fourth-order valence-electron chi connectivity index (χ4n) is 3.36. The van der Waals surface area contributed by atoms with Gasteiger partial charge in [0.05, 0.1) is 11.7 Å². The third-order valence-corrected chi connectivity index (χ3v) is 4.92. The van der Waals surface area contributed by atoms with E-state index in [1.165, 1.54) is 6.21 Å². The van der Waals surface area contributed by atoms with Crippen LogP contribution in [0, 0.1) is 0 Å². The Morgan fingerprint density at radius 3 is 2.73 bits per heavy atom. The molecule has 2 heterocycles. The van der Waals surface area contributed by atoms with Crippen LogP contribution in [0.3, 0.4) is 0 Å². The zero-order chi connectivity index (χ0) is 21.3. The van der Waals surface area contributed by atoms with Gasteiger partial charge in [-0.1, -0.05) is 50.8 Å². The Balaban J connectivity index is 1.88. The van der Waals surface area contributed by atoms with E-state index >= 15 is 0 Å². The van der Waals surface area contributed by atoms with Gasteiger partial charge in [0, 0.05) is 29.9 Å². The first kappa shape index (κ1) is 21.2. The molecule has 0 unspecified atom stereocenters. The monoisotopic (exact) mass is 406 g/mol. The standard InChI is InChI=1S/C23H26N4O3/c1-2-3-4-5-8-14-27-19-12-7-6-11-18(19)21(28)20(23(27)30)22(29)26-25-16-17-10-9-13-24-15-17/h6-7,9-13,15-16,28H,2-5,8,14H2,1H3,(H,26,29)/b25-16-. The van der Waals surface area contributed by atoms with E-state index in [0.29, 0.717) is 23.0 Å². The van der Waals surface area contributed by atoms with Crippen molar-refractivity contribution < 1.29 is 9.90 Å². The average Bonchev–Trinajstić information content (AvgIpc) is 2.76. The zero-order valence-electron chi connectivity index (χ0n) is 17.0. The summed E-state index contributed by atoms with van der Waals surface area (Å²) in [5, 5.41) is 15.0. The molecule has 3 aromatic rings. The van der Waals surface area contributed by atoms with Gasteiger partial charge >= 0.3 is 0 Å². The fraction of sp³-hybridized carbons (Fsp3) is 0.304. The summed E-state index contributed by atoms with van der Waals surface area (Å²) in [7, 11) is 0. The van der Waals surface area contributed by atoms with Gasteiger partial charge in [-0.05, 0) is 24.6 Å². The minimum Gasteiger partial charge on any atom is -0.506 e. The highest BCUT2D eigenvalue weighted by atomic mass is 16.3. The number of hydrogen-bond acceptors (Lipinski definition) is 5. The van der Waals surface area contributed by atoms with Crippen LogP contribution in [0.15, 0.2) is 58.7 Å². The summed E-state index contributed by atoms with van der Waals surface area (Å²) in [6.07, 6.45) is 9.90. The first-order valence-electron chi connectivity index (χ1n) is 10.2. The van der Waals surface area contributed by atoms with E-state index in [1.807, 2.05) is 6.07 Å². The molecular formula is C23H26N4O3. The Hall–Kier alpha value is -3.48. The summed E-state index contributed by atoms with van der Waals surface area (Å²) >= 11 is 0. The number of unbranched alkanes of at least 4 members (excludes halogenated alkanes) is 4. The normalized spacial score (nSPS) is 11.2. The van der Waals surface area contributed by atoms with Crippen molar-refractivity contribution in [3.05, 3.63) is 70.3 Å². The number of para-hydroxylation sites is 1. The Kier molecular flexibility index (Phi) is 7.32. The van der Waals surface area contributed by atoms with E-state index in [9.17, 15) is 14.7 Å². The molecule has 30 heavy (non-hydrogen) atoms. The number of aromatic nitrogens is 2. The van der Waals surface area contributed by atoms with E-state index in [4.69, 9.17) is 0 Å². The van der Waals surface area contributed by atoms with Crippen molar-refractivity contribution in [1.29, 1.82) is 0 Å². The van der Waals surface area contributed by atoms with Crippen LogP contribution in [0.25, 0.3) is 10.9 Å². The van der Waals surface area contributed by atoms with E-state index in [2.05, 4.69) is 22.4 Å². The largest absolute Gasteiger partial charge is 0.506 e. The maximum atomic E-state index is 13.1. The molecule has 2 N–H and O–H groups in total. The molecule has 0 saturated carbocycles. The number of pyridine rings is 2. The maximum absolute atomic E-state index is 13.1. The zero-order valence-corrected chi connectivity index (χ0v) is 17.0. The summed E-state index contributed by atoms with van der Waals surface area (Å²) in [6.45, 7) is 2.64.